The molecule has 0 nitrogen and oxygen atoms in total. The fourth-order valence-electron chi connectivity index (χ4n) is 1.80. The van der Waals surface area contributed by atoms with E-state index in [4.69, 9.17) is 0 Å². The molecule has 0 radical (unpaired) electrons. The Balaban J connectivity index is 2.30. The van der Waals surface area contributed by atoms with E-state index in [0.29, 0.717) is 0 Å². The van der Waals surface area contributed by atoms with Crippen molar-refractivity contribution in [3.8, 4) is 0 Å². The second-order valence-electron chi connectivity index (χ2n) is 4.53. The summed E-state index contributed by atoms with van der Waals surface area (Å²) >= 11 is 0. The lowest BCUT2D eigenvalue weighted by atomic mass is 10.1. The van der Waals surface area contributed by atoms with Crippen LogP contribution in [0.4, 0.5) is 0 Å². The lowest BCUT2D eigenvalue weighted by Gasteiger charge is -2.00. The van der Waals surface area contributed by atoms with E-state index in [-0.39, 0.29) is 0 Å². The van der Waals surface area contributed by atoms with Gasteiger partial charge in [-0.25, -0.2) is 0 Å². The molecule has 78 valence electrons. The van der Waals surface area contributed by atoms with Gasteiger partial charge in [-0.3, -0.25) is 0 Å². The number of hydrogen-bond donors (Lipinski definition) is 0. The summed E-state index contributed by atoms with van der Waals surface area (Å²) in [6, 6.07) is 0. The quantitative estimate of drug-likeness (QED) is 0.437. The minimum Gasteiger partial charge on any atom is -0.0988 e. The lowest BCUT2D eigenvalue weighted by molar-refractivity contribution is 0.836. The lowest BCUT2D eigenvalue weighted by Crippen LogP contribution is -1.80. The Morgan fingerprint density at radius 2 is 2.14 bits per heavy atom. The summed E-state index contributed by atoms with van der Waals surface area (Å²) in [7, 11) is 0. The van der Waals surface area contributed by atoms with Gasteiger partial charge < -0.3 is 0 Å². The zero-order valence-electron chi connectivity index (χ0n) is 9.77. The fourth-order valence-corrected chi connectivity index (χ4v) is 1.80. The first-order valence-corrected chi connectivity index (χ1v) is 5.63. The van der Waals surface area contributed by atoms with Crippen molar-refractivity contribution in [2.75, 3.05) is 0 Å². The van der Waals surface area contributed by atoms with E-state index in [0.717, 1.165) is 5.92 Å². The molecule has 0 spiro atoms. The monoisotopic (exact) mass is 190 g/mol. The van der Waals surface area contributed by atoms with E-state index in [2.05, 4.69) is 39.5 Å². The van der Waals surface area contributed by atoms with Crippen molar-refractivity contribution in [1.29, 1.82) is 0 Å². The molecule has 0 N–H and O–H groups in total. The van der Waals surface area contributed by atoms with Gasteiger partial charge in [0.15, 0.2) is 0 Å². The maximum absolute atomic E-state index is 3.90. The van der Waals surface area contributed by atoms with Gasteiger partial charge in [-0.05, 0) is 51.0 Å². The molecule has 0 heteroatoms. The number of allylic oxidation sites excluding steroid dienone is 5. The molecular weight excluding hydrogens is 168 g/mol. The first kappa shape index (κ1) is 11.3. The van der Waals surface area contributed by atoms with Crippen LogP contribution < -0.4 is 0 Å². The predicted octanol–water partition coefficient (Wildman–Crippen LogP) is 4.65. The first-order chi connectivity index (χ1) is 6.65. The van der Waals surface area contributed by atoms with Gasteiger partial charge >= 0.3 is 0 Å². The van der Waals surface area contributed by atoms with Crippen LogP contribution in [-0.4, -0.2) is 0 Å². The molecule has 0 aromatic carbocycles. The summed E-state index contributed by atoms with van der Waals surface area (Å²) in [5, 5.41) is 0. The Kier molecular flexibility index (Phi) is 4.19. The smallest absolute Gasteiger partial charge is 0.0188 e. The Bertz CT molecular complexity index is 262. The SMILES string of the molecule is C=CC(CCCC=C(C)C)=C1CC1C. The van der Waals surface area contributed by atoms with Gasteiger partial charge in [0.05, 0.1) is 0 Å². The summed E-state index contributed by atoms with van der Waals surface area (Å²) in [6.07, 6.45) is 9.38. The maximum Gasteiger partial charge on any atom is -0.0188 e. The van der Waals surface area contributed by atoms with E-state index in [9.17, 15) is 0 Å². The van der Waals surface area contributed by atoms with Crippen molar-refractivity contribution in [3.05, 3.63) is 35.5 Å². The van der Waals surface area contributed by atoms with E-state index in [1.54, 1.807) is 5.57 Å². The zero-order valence-corrected chi connectivity index (χ0v) is 9.77. The summed E-state index contributed by atoms with van der Waals surface area (Å²) < 4.78 is 0. The molecule has 0 amide bonds. The number of hydrogen-bond acceptors (Lipinski definition) is 0. The Labute approximate surface area is 88.4 Å². The third kappa shape index (κ3) is 3.53. The van der Waals surface area contributed by atoms with Crippen LogP contribution in [-0.2, 0) is 0 Å². The highest BCUT2D eigenvalue weighted by atomic mass is 14.3. The van der Waals surface area contributed by atoms with E-state index in [1.165, 1.54) is 36.8 Å². The van der Waals surface area contributed by atoms with Crippen LogP contribution in [0.25, 0.3) is 0 Å². The minimum atomic E-state index is 0.839. The zero-order chi connectivity index (χ0) is 10.6. The second-order valence-corrected chi connectivity index (χ2v) is 4.53. The van der Waals surface area contributed by atoms with Crippen LogP contribution in [0, 0.1) is 5.92 Å². The maximum atomic E-state index is 3.90. The highest BCUT2D eigenvalue weighted by Crippen LogP contribution is 2.41. The van der Waals surface area contributed by atoms with E-state index in [1.807, 2.05) is 0 Å². The molecule has 1 aliphatic carbocycles. The normalized spacial score (nSPS) is 22.9. The van der Waals surface area contributed by atoms with Gasteiger partial charge in [-0.1, -0.05) is 36.8 Å². The van der Waals surface area contributed by atoms with Crippen molar-refractivity contribution in [2.24, 2.45) is 5.92 Å². The highest BCUT2D eigenvalue weighted by molar-refractivity contribution is 5.35. The third-order valence-electron chi connectivity index (χ3n) is 2.82. The molecule has 1 rings (SSSR count). The van der Waals surface area contributed by atoms with E-state index >= 15 is 0 Å². The molecule has 0 saturated heterocycles. The van der Waals surface area contributed by atoms with Crippen LogP contribution in [0.15, 0.2) is 35.5 Å². The van der Waals surface area contributed by atoms with E-state index < -0.39 is 0 Å². The molecule has 0 bridgehead atoms. The van der Waals surface area contributed by atoms with Crippen molar-refractivity contribution in [2.45, 2.75) is 46.5 Å². The van der Waals surface area contributed by atoms with Gasteiger partial charge in [-0.2, -0.15) is 0 Å². The predicted molar refractivity (Wildman–Crippen MR) is 64.3 cm³/mol. The van der Waals surface area contributed by atoms with Crippen molar-refractivity contribution < 1.29 is 0 Å². The average Bonchev–Trinajstić information content (AvgIpc) is 2.82. The average molecular weight is 190 g/mol. The summed E-state index contributed by atoms with van der Waals surface area (Å²) in [5.74, 6) is 0.839. The number of rotatable bonds is 5. The van der Waals surface area contributed by atoms with Crippen LogP contribution >= 0.6 is 0 Å². The summed E-state index contributed by atoms with van der Waals surface area (Å²) in [6.45, 7) is 10.5. The van der Waals surface area contributed by atoms with Gasteiger partial charge in [-0.15, -0.1) is 0 Å². The summed E-state index contributed by atoms with van der Waals surface area (Å²) in [4.78, 5) is 0. The Morgan fingerprint density at radius 3 is 2.57 bits per heavy atom. The van der Waals surface area contributed by atoms with Crippen LogP contribution in [0.1, 0.15) is 46.5 Å². The molecule has 1 unspecified atom stereocenters. The minimum absolute atomic E-state index is 0.839. The Morgan fingerprint density at radius 1 is 1.50 bits per heavy atom. The Hall–Kier alpha value is -0.780. The molecule has 1 atom stereocenters. The standard InChI is InChI=1S/C14H22/c1-5-13(14-10-12(14)4)9-7-6-8-11(2)3/h5,8,12H,1,6-7,9-10H2,2-4H3. The van der Waals surface area contributed by atoms with Crippen LogP contribution in [0.5, 0.6) is 0 Å². The molecule has 0 heterocycles. The van der Waals surface area contributed by atoms with Gasteiger partial charge in [0.25, 0.3) is 0 Å². The number of unbranched alkanes of at least 4 members (excludes halogenated alkanes) is 1. The van der Waals surface area contributed by atoms with Gasteiger partial charge in [0.1, 0.15) is 0 Å². The topological polar surface area (TPSA) is 0 Å². The molecule has 14 heavy (non-hydrogen) atoms. The largest absolute Gasteiger partial charge is 0.0988 e. The molecule has 0 aliphatic heterocycles. The van der Waals surface area contributed by atoms with Crippen LogP contribution in [0.3, 0.4) is 0 Å². The molecular formula is C14H22. The van der Waals surface area contributed by atoms with Gasteiger partial charge in [0.2, 0.25) is 0 Å². The van der Waals surface area contributed by atoms with Crippen molar-refractivity contribution in [3.63, 3.8) is 0 Å². The second kappa shape index (κ2) is 5.19. The van der Waals surface area contributed by atoms with Crippen molar-refractivity contribution in [1.82, 2.24) is 0 Å². The molecule has 1 saturated carbocycles. The van der Waals surface area contributed by atoms with Crippen LogP contribution in [0.2, 0.25) is 0 Å². The van der Waals surface area contributed by atoms with Gasteiger partial charge in [0, 0.05) is 0 Å². The third-order valence-corrected chi connectivity index (χ3v) is 2.82. The molecule has 1 aliphatic rings. The molecule has 0 aromatic heterocycles. The molecule has 0 aromatic rings. The highest BCUT2D eigenvalue weighted by Gasteiger charge is 2.26. The molecule has 1 fully saturated rings. The fraction of sp³-hybridized carbons (Fsp3) is 0.571. The van der Waals surface area contributed by atoms with Crippen molar-refractivity contribution >= 4 is 0 Å². The first-order valence-electron chi connectivity index (χ1n) is 5.63. The summed E-state index contributed by atoms with van der Waals surface area (Å²) in [5.41, 5.74) is 4.59.